The number of nitro benzene ring substituents is 1. The van der Waals surface area contributed by atoms with Crippen molar-refractivity contribution in [1.82, 2.24) is 0 Å². The molecule has 0 radical (unpaired) electrons. The minimum atomic E-state index is -0.824. The average molecular weight is 181 g/mol. The lowest BCUT2D eigenvalue weighted by Crippen LogP contribution is -1.93. The first-order chi connectivity index (χ1) is 6.02. The van der Waals surface area contributed by atoms with E-state index in [1.807, 2.05) is 0 Å². The molecule has 68 valence electrons. The first-order valence-corrected chi connectivity index (χ1v) is 3.62. The lowest BCUT2D eigenvalue weighted by Gasteiger charge is -1.99. The molecule has 0 aliphatic heterocycles. The fourth-order valence-electron chi connectivity index (χ4n) is 0.918. The molecule has 1 aromatic rings. The Kier molecular flexibility index (Phi) is 2.41. The van der Waals surface area contributed by atoms with Crippen LogP contribution in [0.25, 0.3) is 5.57 Å². The predicted octanol–water partition coefficient (Wildman–Crippen LogP) is 2.77. The molecule has 0 saturated heterocycles. The summed E-state index contributed by atoms with van der Waals surface area (Å²) in [4.78, 5) is 9.58. The molecule has 4 heteroatoms. The Morgan fingerprint density at radius 3 is 2.69 bits per heavy atom. The van der Waals surface area contributed by atoms with Gasteiger partial charge in [0.1, 0.15) is 0 Å². The molecule has 0 amide bonds. The maximum absolute atomic E-state index is 12.8. The highest BCUT2D eigenvalue weighted by atomic mass is 19.1. The van der Waals surface area contributed by atoms with Crippen LogP contribution in [-0.2, 0) is 0 Å². The van der Waals surface area contributed by atoms with Gasteiger partial charge in [-0.1, -0.05) is 18.2 Å². The molecule has 0 aliphatic carbocycles. The summed E-state index contributed by atoms with van der Waals surface area (Å²) in [6.07, 6.45) is 0. The van der Waals surface area contributed by atoms with Crippen molar-refractivity contribution < 1.29 is 9.31 Å². The minimum Gasteiger partial charge on any atom is -0.258 e. The van der Waals surface area contributed by atoms with E-state index >= 15 is 0 Å². The number of rotatable bonds is 2. The number of nitro groups is 1. The zero-order valence-corrected chi connectivity index (χ0v) is 7.08. The lowest BCUT2D eigenvalue weighted by molar-refractivity contribution is -0.387. The molecule has 0 saturated carbocycles. The van der Waals surface area contributed by atoms with Crippen LogP contribution in [0.1, 0.15) is 12.5 Å². The summed E-state index contributed by atoms with van der Waals surface area (Å²) in [5.41, 5.74) is 0.733. The summed E-state index contributed by atoms with van der Waals surface area (Å²) in [6, 6.07) is 3.71. The van der Waals surface area contributed by atoms with Gasteiger partial charge in [-0.3, -0.25) is 10.1 Å². The van der Waals surface area contributed by atoms with Crippen LogP contribution in [-0.4, -0.2) is 4.92 Å². The SMILES string of the molecule is C=C(C)c1ccc(F)c([N+](=O)[O-])c1. The number of benzene rings is 1. The molecule has 1 rings (SSSR count). The van der Waals surface area contributed by atoms with E-state index in [9.17, 15) is 14.5 Å². The molecule has 0 aliphatic rings. The van der Waals surface area contributed by atoms with Crippen molar-refractivity contribution in [3.63, 3.8) is 0 Å². The zero-order valence-electron chi connectivity index (χ0n) is 7.08. The lowest BCUT2D eigenvalue weighted by atomic mass is 10.1. The van der Waals surface area contributed by atoms with Crippen LogP contribution in [0, 0.1) is 15.9 Å². The Morgan fingerprint density at radius 1 is 1.62 bits per heavy atom. The summed E-state index contributed by atoms with van der Waals surface area (Å²) in [7, 11) is 0. The molecular weight excluding hydrogens is 173 g/mol. The molecule has 0 spiro atoms. The van der Waals surface area contributed by atoms with Crippen LogP contribution in [0.5, 0.6) is 0 Å². The van der Waals surface area contributed by atoms with E-state index in [-0.39, 0.29) is 0 Å². The van der Waals surface area contributed by atoms with Gasteiger partial charge in [0, 0.05) is 6.07 Å². The largest absolute Gasteiger partial charge is 0.305 e. The predicted molar refractivity (Wildman–Crippen MR) is 47.8 cm³/mol. The highest BCUT2D eigenvalue weighted by molar-refractivity contribution is 5.63. The summed E-state index contributed by atoms with van der Waals surface area (Å²) in [5.74, 6) is -0.824. The van der Waals surface area contributed by atoms with E-state index in [1.165, 1.54) is 12.1 Å². The van der Waals surface area contributed by atoms with Gasteiger partial charge in [-0.2, -0.15) is 4.39 Å². The van der Waals surface area contributed by atoms with Gasteiger partial charge in [0.15, 0.2) is 0 Å². The second kappa shape index (κ2) is 3.35. The first-order valence-electron chi connectivity index (χ1n) is 3.62. The number of halogens is 1. The van der Waals surface area contributed by atoms with Gasteiger partial charge in [0.05, 0.1) is 4.92 Å². The van der Waals surface area contributed by atoms with Crippen molar-refractivity contribution in [1.29, 1.82) is 0 Å². The van der Waals surface area contributed by atoms with Crippen LogP contribution in [0.2, 0.25) is 0 Å². The highest BCUT2D eigenvalue weighted by Crippen LogP contribution is 2.21. The highest BCUT2D eigenvalue weighted by Gasteiger charge is 2.13. The third kappa shape index (κ3) is 1.90. The molecule has 13 heavy (non-hydrogen) atoms. The molecule has 0 aromatic heterocycles. The van der Waals surface area contributed by atoms with Gasteiger partial charge < -0.3 is 0 Å². The average Bonchev–Trinajstić information content (AvgIpc) is 2.04. The van der Waals surface area contributed by atoms with Gasteiger partial charge in [0.2, 0.25) is 5.82 Å². The fourth-order valence-corrected chi connectivity index (χ4v) is 0.918. The Labute approximate surface area is 74.7 Å². The monoisotopic (exact) mass is 181 g/mol. The minimum absolute atomic E-state index is 0.513. The quantitative estimate of drug-likeness (QED) is 0.520. The Hall–Kier alpha value is -1.71. The van der Waals surface area contributed by atoms with E-state index in [2.05, 4.69) is 6.58 Å². The maximum Gasteiger partial charge on any atom is 0.305 e. The van der Waals surface area contributed by atoms with Crippen molar-refractivity contribution in [2.45, 2.75) is 6.92 Å². The Morgan fingerprint density at radius 2 is 2.23 bits per heavy atom. The molecule has 0 fully saturated rings. The van der Waals surface area contributed by atoms with E-state index in [4.69, 9.17) is 0 Å². The van der Waals surface area contributed by atoms with Gasteiger partial charge in [-0.15, -0.1) is 0 Å². The van der Waals surface area contributed by atoms with Crippen LogP contribution in [0.3, 0.4) is 0 Å². The molecule has 0 heterocycles. The number of nitrogens with zero attached hydrogens (tertiary/aromatic N) is 1. The smallest absolute Gasteiger partial charge is 0.258 e. The van der Waals surface area contributed by atoms with E-state index in [1.54, 1.807) is 6.92 Å². The van der Waals surface area contributed by atoms with E-state index < -0.39 is 16.4 Å². The van der Waals surface area contributed by atoms with Crippen LogP contribution in [0.15, 0.2) is 24.8 Å². The molecule has 1 aromatic carbocycles. The molecule has 0 bridgehead atoms. The topological polar surface area (TPSA) is 43.1 Å². The maximum atomic E-state index is 12.8. The van der Waals surface area contributed by atoms with Crippen LogP contribution < -0.4 is 0 Å². The van der Waals surface area contributed by atoms with Gasteiger partial charge in [0.25, 0.3) is 0 Å². The molecule has 3 nitrogen and oxygen atoms in total. The van der Waals surface area contributed by atoms with Crippen molar-refractivity contribution in [3.8, 4) is 0 Å². The summed E-state index contributed by atoms with van der Waals surface area (Å²) < 4.78 is 12.8. The van der Waals surface area contributed by atoms with Gasteiger partial charge >= 0.3 is 5.69 Å². The number of hydrogen-bond acceptors (Lipinski definition) is 2. The summed E-state index contributed by atoms with van der Waals surface area (Å²) >= 11 is 0. The molecule has 0 N–H and O–H groups in total. The third-order valence-electron chi connectivity index (χ3n) is 1.64. The second-order valence-corrected chi connectivity index (χ2v) is 2.70. The van der Waals surface area contributed by atoms with Crippen molar-refractivity contribution in [2.24, 2.45) is 0 Å². The van der Waals surface area contributed by atoms with Crippen molar-refractivity contribution in [2.75, 3.05) is 0 Å². The first kappa shape index (κ1) is 9.38. The summed E-state index contributed by atoms with van der Waals surface area (Å²) in [6.45, 7) is 5.32. The van der Waals surface area contributed by atoms with Gasteiger partial charge in [-0.05, 0) is 18.6 Å². The molecule has 0 unspecified atom stereocenters. The summed E-state index contributed by atoms with van der Waals surface area (Å²) in [5, 5.41) is 10.3. The normalized spacial score (nSPS) is 9.69. The Balaban J connectivity index is 3.27. The van der Waals surface area contributed by atoms with Crippen molar-refractivity contribution in [3.05, 3.63) is 46.3 Å². The van der Waals surface area contributed by atoms with Crippen molar-refractivity contribution >= 4 is 11.3 Å². The van der Waals surface area contributed by atoms with E-state index in [0.717, 1.165) is 6.07 Å². The standard InChI is InChI=1S/C9H8FNO2/c1-6(2)7-3-4-8(10)9(5-7)11(12)13/h3-5H,1H2,2H3. The molecule has 0 atom stereocenters. The van der Waals surface area contributed by atoms with Crippen LogP contribution in [0.4, 0.5) is 10.1 Å². The third-order valence-corrected chi connectivity index (χ3v) is 1.64. The van der Waals surface area contributed by atoms with E-state index in [0.29, 0.717) is 11.1 Å². The fraction of sp³-hybridized carbons (Fsp3) is 0.111. The van der Waals surface area contributed by atoms with Crippen LogP contribution >= 0.6 is 0 Å². The Bertz CT molecular complexity index is 374. The number of allylic oxidation sites excluding steroid dienone is 1. The molecular formula is C9H8FNO2. The second-order valence-electron chi connectivity index (χ2n) is 2.70. The number of hydrogen-bond donors (Lipinski definition) is 0. The zero-order chi connectivity index (χ0) is 10.0. The van der Waals surface area contributed by atoms with Gasteiger partial charge in [-0.25, -0.2) is 0 Å².